The van der Waals surface area contributed by atoms with Crippen LogP contribution < -0.4 is 10.2 Å². The third kappa shape index (κ3) is 3.01. The molecule has 17 heavy (non-hydrogen) atoms. The Hall–Kier alpha value is -1.02. The molecule has 0 fully saturated rings. The molecule has 1 atom stereocenters. The topological polar surface area (TPSA) is 15.3 Å². The highest BCUT2D eigenvalue weighted by Crippen LogP contribution is 2.30. The van der Waals surface area contributed by atoms with E-state index in [9.17, 15) is 0 Å². The minimum absolute atomic E-state index is 0.647. The van der Waals surface area contributed by atoms with Crippen molar-refractivity contribution in [1.82, 2.24) is 5.32 Å². The summed E-state index contributed by atoms with van der Waals surface area (Å²) in [7, 11) is 0. The van der Waals surface area contributed by atoms with Crippen LogP contribution in [0.3, 0.4) is 0 Å². The van der Waals surface area contributed by atoms with Crippen LogP contribution in [0.2, 0.25) is 0 Å². The van der Waals surface area contributed by atoms with Crippen molar-refractivity contribution in [1.29, 1.82) is 0 Å². The predicted octanol–water partition coefficient (Wildman–Crippen LogP) is 2.68. The Labute approximate surface area is 105 Å². The molecule has 1 heterocycles. The SMILES string of the molecule is CC(C)CNCCN1c2ccccc2CC1C. The van der Waals surface area contributed by atoms with Crippen molar-refractivity contribution >= 4 is 5.69 Å². The first-order chi connectivity index (χ1) is 8.18. The lowest BCUT2D eigenvalue weighted by molar-refractivity contribution is 0.542. The average Bonchev–Trinajstić information content (AvgIpc) is 2.60. The summed E-state index contributed by atoms with van der Waals surface area (Å²) in [4.78, 5) is 2.53. The van der Waals surface area contributed by atoms with E-state index in [1.165, 1.54) is 17.7 Å². The van der Waals surface area contributed by atoms with Crippen LogP contribution in [0.4, 0.5) is 5.69 Å². The normalized spacial score (nSPS) is 18.8. The molecule has 0 amide bonds. The van der Waals surface area contributed by atoms with Crippen molar-refractivity contribution in [2.75, 3.05) is 24.5 Å². The Balaban J connectivity index is 1.88. The zero-order valence-electron chi connectivity index (χ0n) is 11.2. The van der Waals surface area contributed by atoms with E-state index in [4.69, 9.17) is 0 Å². The zero-order chi connectivity index (χ0) is 12.3. The number of benzene rings is 1. The first-order valence-electron chi connectivity index (χ1n) is 6.73. The standard InChI is InChI=1S/C15H24N2/c1-12(2)11-16-8-9-17-13(3)10-14-6-4-5-7-15(14)17/h4-7,12-13,16H,8-11H2,1-3H3. The quantitative estimate of drug-likeness (QED) is 0.785. The Bertz CT molecular complexity index is 360. The van der Waals surface area contributed by atoms with E-state index < -0.39 is 0 Å². The molecule has 1 aliphatic rings. The molecule has 0 aromatic heterocycles. The fraction of sp³-hybridized carbons (Fsp3) is 0.600. The largest absolute Gasteiger partial charge is 0.367 e. The van der Waals surface area contributed by atoms with Gasteiger partial charge in [-0.05, 0) is 37.4 Å². The zero-order valence-corrected chi connectivity index (χ0v) is 11.2. The van der Waals surface area contributed by atoms with Crippen LogP contribution in [0.25, 0.3) is 0 Å². The van der Waals surface area contributed by atoms with Gasteiger partial charge in [0.25, 0.3) is 0 Å². The van der Waals surface area contributed by atoms with Crippen molar-refractivity contribution in [3.63, 3.8) is 0 Å². The summed E-state index contributed by atoms with van der Waals surface area (Å²) >= 11 is 0. The van der Waals surface area contributed by atoms with Crippen molar-refractivity contribution in [2.45, 2.75) is 33.2 Å². The summed E-state index contributed by atoms with van der Waals surface area (Å²) in [6, 6.07) is 9.44. The maximum absolute atomic E-state index is 3.52. The molecule has 0 saturated heterocycles. The fourth-order valence-corrected chi connectivity index (χ4v) is 2.56. The second-order valence-corrected chi connectivity index (χ2v) is 5.47. The van der Waals surface area contributed by atoms with E-state index in [0.29, 0.717) is 6.04 Å². The maximum Gasteiger partial charge on any atom is 0.0402 e. The van der Waals surface area contributed by atoms with Crippen LogP contribution in [0.5, 0.6) is 0 Å². The number of hydrogen-bond acceptors (Lipinski definition) is 2. The Morgan fingerprint density at radius 1 is 1.35 bits per heavy atom. The number of fused-ring (bicyclic) bond motifs is 1. The van der Waals surface area contributed by atoms with E-state index >= 15 is 0 Å². The van der Waals surface area contributed by atoms with Crippen molar-refractivity contribution in [3.05, 3.63) is 29.8 Å². The molecule has 1 aromatic rings. The number of rotatable bonds is 5. The van der Waals surface area contributed by atoms with E-state index in [2.05, 4.69) is 55.3 Å². The summed E-state index contributed by atoms with van der Waals surface area (Å²) < 4.78 is 0. The predicted molar refractivity (Wildman–Crippen MR) is 74.7 cm³/mol. The number of para-hydroxylation sites is 1. The van der Waals surface area contributed by atoms with E-state index in [1.54, 1.807) is 0 Å². The summed E-state index contributed by atoms with van der Waals surface area (Å²) in [5.74, 6) is 0.735. The summed E-state index contributed by atoms with van der Waals surface area (Å²) in [6.07, 6.45) is 1.19. The maximum atomic E-state index is 3.52. The van der Waals surface area contributed by atoms with Crippen LogP contribution in [-0.4, -0.2) is 25.7 Å². The van der Waals surface area contributed by atoms with Crippen molar-refractivity contribution in [3.8, 4) is 0 Å². The highest BCUT2D eigenvalue weighted by Gasteiger charge is 2.24. The lowest BCUT2D eigenvalue weighted by Crippen LogP contribution is -2.36. The van der Waals surface area contributed by atoms with Gasteiger partial charge in [0.1, 0.15) is 0 Å². The van der Waals surface area contributed by atoms with E-state index in [0.717, 1.165) is 25.6 Å². The summed E-state index contributed by atoms with van der Waals surface area (Å²) in [5.41, 5.74) is 2.94. The molecule has 2 heteroatoms. The first kappa shape index (κ1) is 12.4. The van der Waals surface area contributed by atoms with E-state index in [-0.39, 0.29) is 0 Å². The molecule has 1 unspecified atom stereocenters. The lowest BCUT2D eigenvalue weighted by atomic mass is 10.1. The second kappa shape index (κ2) is 5.54. The van der Waals surface area contributed by atoms with Crippen LogP contribution in [-0.2, 0) is 6.42 Å². The van der Waals surface area contributed by atoms with Gasteiger partial charge in [-0.3, -0.25) is 0 Å². The van der Waals surface area contributed by atoms with Gasteiger partial charge in [0.05, 0.1) is 0 Å². The van der Waals surface area contributed by atoms with Crippen molar-refractivity contribution < 1.29 is 0 Å². The molecule has 0 radical (unpaired) electrons. The van der Waals surface area contributed by atoms with Gasteiger partial charge in [0.2, 0.25) is 0 Å². The number of anilines is 1. The molecule has 0 bridgehead atoms. The van der Waals surface area contributed by atoms with Gasteiger partial charge in [-0.1, -0.05) is 32.0 Å². The third-order valence-electron chi connectivity index (χ3n) is 3.43. The van der Waals surface area contributed by atoms with Crippen LogP contribution in [0, 0.1) is 5.92 Å². The van der Waals surface area contributed by atoms with Crippen LogP contribution >= 0.6 is 0 Å². The van der Waals surface area contributed by atoms with Gasteiger partial charge in [0, 0.05) is 24.8 Å². The monoisotopic (exact) mass is 232 g/mol. The van der Waals surface area contributed by atoms with Gasteiger partial charge in [-0.15, -0.1) is 0 Å². The summed E-state index contributed by atoms with van der Waals surface area (Å²) in [6.45, 7) is 10.1. The number of hydrogen-bond donors (Lipinski definition) is 1. The number of nitrogens with one attached hydrogen (secondary N) is 1. The smallest absolute Gasteiger partial charge is 0.0402 e. The lowest BCUT2D eigenvalue weighted by Gasteiger charge is -2.25. The molecule has 2 nitrogen and oxygen atoms in total. The molecular weight excluding hydrogens is 208 g/mol. The van der Waals surface area contributed by atoms with E-state index in [1.807, 2.05) is 0 Å². The summed E-state index contributed by atoms with van der Waals surface area (Å²) in [5, 5.41) is 3.52. The highest BCUT2D eigenvalue weighted by atomic mass is 15.2. The van der Waals surface area contributed by atoms with Gasteiger partial charge >= 0.3 is 0 Å². The molecule has 1 aliphatic heterocycles. The molecular formula is C15H24N2. The molecule has 0 saturated carbocycles. The first-order valence-corrected chi connectivity index (χ1v) is 6.73. The minimum atomic E-state index is 0.647. The van der Waals surface area contributed by atoms with Gasteiger partial charge in [-0.25, -0.2) is 0 Å². The van der Waals surface area contributed by atoms with Crippen LogP contribution in [0.15, 0.2) is 24.3 Å². The molecule has 1 aromatic carbocycles. The minimum Gasteiger partial charge on any atom is -0.367 e. The molecule has 1 N–H and O–H groups in total. The fourth-order valence-electron chi connectivity index (χ4n) is 2.56. The molecule has 0 aliphatic carbocycles. The number of nitrogens with zero attached hydrogens (tertiary/aromatic N) is 1. The Kier molecular flexibility index (Phi) is 4.06. The molecule has 0 spiro atoms. The molecule has 94 valence electrons. The highest BCUT2D eigenvalue weighted by molar-refractivity contribution is 5.59. The second-order valence-electron chi connectivity index (χ2n) is 5.47. The van der Waals surface area contributed by atoms with Gasteiger partial charge in [0.15, 0.2) is 0 Å². The Morgan fingerprint density at radius 3 is 2.88 bits per heavy atom. The molecule has 2 rings (SSSR count). The third-order valence-corrected chi connectivity index (χ3v) is 3.43. The van der Waals surface area contributed by atoms with Gasteiger partial charge < -0.3 is 10.2 Å². The van der Waals surface area contributed by atoms with Gasteiger partial charge in [-0.2, -0.15) is 0 Å². The average molecular weight is 232 g/mol. The van der Waals surface area contributed by atoms with Crippen LogP contribution in [0.1, 0.15) is 26.3 Å². The Morgan fingerprint density at radius 2 is 2.12 bits per heavy atom. The van der Waals surface area contributed by atoms with Crippen molar-refractivity contribution in [2.24, 2.45) is 5.92 Å².